The predicted octanol–water partition coefficient (Wildman–Crippen LogP) is 1.14. The van der Waals surface area contributed by atoms with E-state index in [0.29, 0.717) is 22.8 Å². The molecule has 1 aliphatic carbocycles. The number of hydrogen-bond donors (Lipinski definition) is 2. The van der Waals surface area contributed by atoms with Crippen molar-refractivity contribution < 1.29 is 19.1 Å². The summed E-state index contributed by atoms with van der Waals surface area (Å²) < 4.78 is 11.2. The van der Waals surface area contributed by atoms with E-state index in [1.165, 1.54) is 11.8 Å². The summed E-state index contributed by atoms with van der Waals surface area (Å²) in [6.07, 6.45) is 1.57. The number of hydrogen-bond acceptors (Lipinski definition) is 6. The number of nitrogens with zero attached hydrogens (tertiary/aromatic N) is 2. The lowest BCUT2D eigenvalue weighted by molar-refractivity contribution is -0.139. The molecule has 1 aromatic heterocycles. The summed E-state index contributed by atoms with van der Waals surface area (Å²) in [5.74, 6) is -0.0220. The van der Waals surface area contributed by atoms with Crippen molar-refractivity contribution in [1.29, 1.82) is 0 Å². The Balaban J connectivity index is 1.98. The van der Waals surface area contributed by atoms with Crippen LogP contribution in [-0.2, 0) is 20.7 Å². The summed E-state index contributed by atoms with van der Waals surface area (Å²) in [5, 5.41) is 7.00. The molecule has 0 bridgehead atoms. The summed E-state index contributed by atoms with van der Waals surface area (Å²) in [6, 6.07) is 6.87. The van der Waals surface area contributed by atoms with E-state index in [1.54, 1.807) is 38.3 Å². The van der Waals surface area contributed by atoms with Crippen molar-refractivity contribution in [2.75, 3.05) is 14.2 Å². The van der Waals surface area contributed by atoms with Gasteiger partial charge in [0, 0.05) is 5.92 Å². The number of methoxy groups -OCH3 is 2. The number of H-pyrrole nitrogens is 1. The first kappa shape index (κ1) is 19.4. The number of aromatic nitrogens is 2. The van der Waals surface area contributed by atoms with Crippen LogP contribution in [0.2, 0.25) is 0 Å². The van der Waals surface area contributed by atoms with Gasteiger partial charge in [-0.1, -0.05) is 0 Å². The third-order valence-electron chi connectivity index (χ3n) is 4.49. The molecule has 1 saturated carbocycles. The molecule has 148 valence electrons. The minimum Gasteiger partial charge on any atom is -0.497 e. The van der Waals surface area contributed by atoms with Crippen LogP contribution in [0.5, 0.6) is 5.75 Å². The summed E-state index contributed by atoms with van der Waals surface area (Å²) in [4.78, 5) is 36.6. The van der Waals surface area contributed by atoms with Gasteiger partial charge in [0.1, 0.15) is 5.75 Å². The van der Waals surface area contributed by atoms with Crippen molar-refractivity contribution >= 4 is 17.6 Å². The van der Waals surface area contributed by atoms with E-state index < -0.39 is 5.97 Å². The highest BCUT2D eigenvalue weighted by Crippen LogP contribution is 2.28. The average molecular weight is 386 g/mol. The molecule has 0 unspecified atom stereocenters. The lowest BCUT2D eigenvalue weighted by Gasteiger charge is -2.03. The van der Waals surface area contributed by atoms with Crippen molar-refractivity contribution in [3.8, 4) is 11.4 Å². The molecule has 2 N–H and O–H groups in total. The van der Waals surface area contributed by atoms with Crippen LogP contribution in [0, 0.1) is 5.92 Å². The number of rotatable bonds is 7. The number of aromatic amines is 1. The molecule has 28 heavy (non-hydrogen) atoms. The third-order valence-corrected chi connectivity index (χ3v) is 4.49. The Hall–Kier alpha value is -3.36. The van der Waals surface area contributed by atoms with Gasteiger partial charge in [0.05, 0.1) is 43.3 Å². The van der Waals surface area contributed by atoms with Crippen molar-refractivity contribution in [3.05, 3.63) is 45.9 Å². The van der Waals surface area contributed by atoms with Crippen LogP contribution in [0.15, 0.2) is 34.2 Å². The first-order chi connectivity index (χ1) is 13.4. The second kappa shape index (κ2) is 8.12. The van der Waals surface area contributed by atoms with Crippen LogP contribution in [-0.4, -0.2) is 41.6 Å². The number of carbonyl (C=O) groups excluding carboxylic acids is 2. The fourth-order valence-electron chi connectivity index (χ4n) is 2.74. The largest absolute Gasteiger partial charge is 0.497 e. The fraction of sp³-hybridized carbons (Fsp3) is 0.368. The van der Waals surface area contributed by atoms with E-state index in [-0.39, 0.29) is 29.4 Å². The number of esters is 1. The lowest BCUT2D eigenvalue weighted by Crippen LogP contribution is -2.24. The Morgan fingerprint density at radius 2 is 1.93 bits per heavy atom. The number of amides is 1. The third kappa shape index (κ3) is 4.13. The maximum atomic E-state index is 13.0. The first-order valence-electron chi connectivity index (χ1n) is 8.84. The molecule has 1 aliphatic rings. The number of nitrogens with one attached hydrogen (secondary N) is 2. The molecule has 0 atom stereocenters. The Labute approximate surface area is 161 Å². The van der Waals surface area contributed by atoms with Gasteiger partial charge in [0.25, 0.3) is 5.56 Å². The molecule has 1 aromatic carbocycles. The highest BCUT2D eigenvalue weighted by atomic mass is 16.5. The van der Waals surface area contributed by atoms with Gasteiger partial charge in [-0.3, -0.25) is 19.5 Å². The van der Waals surface area contributed by atoms with Gasteiger partial charge >= 0.3 is 5.97 Å². The molecule has 0 aliphatic heterocycles. The molecule has 0 saturated heterocycles. The Bertz CT molecular complexity index is 967. The van der Waals surface area contributed by atoms with Crippen LogP contribution < -0.4 is 15.7 Å². The van der Waals surface area contributed by atoms with Gasteiger partial charge in [-0.05, 0) is 44.0 Å². The van der Waals surface area contributed by atoms with E-state index >= 15 is 0 Å². The summed E-state index contributed by atoms with van der Waals surface area (Å²) in [7, 11) is 2.83. The number of benzene rings is 1. The molecular formula is C19H22N4O5. The number of ether oxygens (including phenoxy) is 2. The molecule has 1 amide bonds. The van der Waals surface area contributed by atoms with Crippen molar-refractivity contribution in [2.24, 2.45) is 11.0 Å². The minimum absolute atomic E-state index is 0.00623. The maximum Gasteiger partial charge on any atom is 0.311 e. The van der Waals surface area contributed by atoms with Crippen LogP contribution in [0.3, 0.4) is 0 Å². The van der Waals surface area contributed by atoms with Crippen LogP contribution in [0.25, 0.3) is 5.69 Å². The maximum absolute atomic E-state index is 13.0. The Kier molecular flexibility index (Phi) is 5.62. The topological polar surface area (TPSA) is 115 Å². The second-order valence-corrected chi connectivity index (χ2v) is 6.50. The lowest BCUT2D eigenvalue weighted by atomic mass is 10.1. The smallest absolute Gasteiger partial charge is 0.311 e. The zero-order valence-electron chi connectivity index (χ0n) is 15.9. The number of carbonyl (C=O) groups is 2. The standard InChI is InChI=1S/C19H22N4O5/c1-11(20-21-18(25)12-4-5-12)17-15(10-16(24)28-3)22-23(19(17)26)13-6-8-14(27-2)9-7-13/h6-9,12,22H,4-5,10H2,1-3H3,(H,21,25). The van der Waals surface area contributed by atoms with Crippen LogP contribution in [0.1, 0.15) is 31.0 Å². The monoisotopic (exact) mass is 386 g/mol. The van der Waals surface area contributed by atoms with Crippen LogP contribution >= 0.6 is 0 Å². The van der Waals surface area contributed by atoms with Crippen LogP contribution in [0.4, 0.5) is 0 Å². The molecular weight excluding hydrogens is 364 g/mol. The van der Waals surface area contributed by atoms with Gasteiger partial charge in [-0.2, -0.15) is 5.10 Å². The zero-order chi connectivity index (χ0) is 20.3. The summed E-state index contributed by atoms with van der Waals surface area (Å²) >= 11 is 0. The molecule has 0 spiro atoms. The van der Waals surface area contributed by atoms with Gasteiger partial charge in [0.2, 0.25) is 5.91 Å². The van der Waals surface area contributed by atoms with Crippen molar-refractivity contribution in [1.82, 2.24) is 15.2 Å². The molecule has 9 nitrogen and oxygen atoms in total. The quantitative estimate of drug-likeness (QED) is 0.421. The average Bonchev–Trinajstić information content (AvgIpc) is 3.50. The van der Waals surface area contributed by atoms with Crippen molar-refractivity contribution in [3.63, 3.8) is 0 Å². The molecule has 1 fully saturated rings. The summed E-state index contributed by atoms with van der Waals surface area (Å²) in [5.41, 5.74) is 3.55. The minimum atomic E-state index is -0.501. The SMILES string of the molecule is COC(=O)Cc1[nH]n(-c2ccc(OC)cc2)c(=O)c1C(C)=NNC(=O)C1CC1. The highest BCUT2D eigenvalue weighted by Gasteiger charge is 2.29. The molecule has 1 heterocycles. The van der Waals surface area contributed by atoms with E-state index in [1.807, 2.05) is 0 Å². The molecule has 3 rings (SSSR count). The zero-order valence-corrected chi connectivity index (χ0v) is 15.9. The van der Waals surface area contributed by atoms with Crippen molar-refractivity contribution in [2.45, 2.75) is 26.2 Å². The normalized spacial score (nSPS) is 13.9. The fourth-order valence-corrected chi connectivity index (χ4v) is 2.74. The van der Waals surface area contributed by atoms with E-state index in [4.69, 9.17) is 9.47 Å². The molecule has 2 aromatic rings. The van der Waals surface area contributed by atoms with Gasteiger partial charge in [-0.15, -0.1) is 0 Å². The highest BCUT2D eigenvalue weighted by molar-refractivity contribution is 6.00. The molecule has 0 radical (unpaired) electrons. The number of hydrazone groups is 1. The van der Waals surface area contributed by atoms with Gasteiger partial charge < -0.3 is 9.47 Å². The second-order valence-electron chi connectivity index (χ2n) is 6.50. The Morgan fingerprint density at radius 1 is 1.25 bits per heavy atom. The Morgan fingerprint density at radius 3 is 2.50 bits per heavy atom. The predicted molar refractivity (Wildman–Crippen MR) is 102 cm³/mol. The first-order valence-corrected chi connectivity index (χ1v) is 8.84. The van der Waals surface area contributed by atoms with E-state index in [9.17, 15) is 14.4 Å². The summed E-state index contributed by atoms with van der Waals surface area (Å²) in [6.45, 7) is 1.61. The van der Waals surface area contributed by atoms with Gasteiger partial charge in [-0.25, -0.2) is 10.1 Å². The van der Waals surface area contributed by atoms with E-state index in [2.05, 4.69) is 15.6 Å². The van der Waals surface area contributed by atoms with E-state index in [0.717, 1.165) is 12.8 Å². The molecule has 9 heteroatoms. The van der Waals surface area contributed by atoms with Gasteiger partial charge in [0.15, 0.2) is 0 Å².